The van der Waals surface area contributed by atoms with E-state index >= 15 is 0 Å². The Morgan fingerprint density at radius 3 is 2.53 bits per heavy atom. The van der Waals surface area contributed by atoms with Crippen LogP contribution in [0.2, 0.25) is 0 Å². The van der Waals surface area contributed by atoms with Gasteiger partial charge in [-0.2, -0.15) is 15.6 Å². The van der Waals surface area contributed by atoms with Crippen LogP contribution in [0.15, 0.2) is 0 Å². The Morgan fingerprint density at radius 2 is 2.06 bits per heavy atom. The van der Waals surface area contributed by atoms with Gasteiger partial charge in [0.05, 0.1) is 18.2 Å². The van der Waals surface area contributed by atoms with E-state index in [1.54, 1.807) is 4.68 Å². The van der Waals surface area contributed by atoms with E-state index in [0.717, 1.165) is 11.5 Å². The number of hydrogen-bond acceptors (Lipinski definition) is 4. The largest absolute Gasteiger partial charge is 0.352 e. The third-order valence-electron chi connectivity index (χ3n) is 2.66. The van der Waals surface area contributed by atoms with E-state index in [9.17, 15) is 5.26 Å². The van der Waals surface area contributed by atoms with Crippen molar-refractivity contribution in [3.8, 4) is 12.1 Å². The minimum atomic E-state index is 0.227. The van der Waals surface area contributed by atoms with Crippen molar-refractivity contribution < 1.29 is 0 Å². The highest BCUT2D eigenvalue weighted by Crippen LogP contribution is 2.24. The third kappa shape index (κ3) is 2.57. The molecule has 90 valence electrons. The molecule has 5 heteroatoms. The van der Waals surface area contributed by atoms with Gasteiger partial charge < -0.3 is 4.90 Å². The standard InChI is InChI=1S/C12H17N5/c1-9(2)17(7-5-6-13)12-11(8-14)10(3)15-16(12)4/h9H,5,7H2,1-4H3. The summed E-state index contributed by atoms with van der Waals surface area (Å²) in [5.74, 6) is 0.801. The Bertz CT molecular complexity index is 472. The van der Waals surface area contributed by atoms with Gasteiger partial charge in [-0.1, -0.05) is 0 Å². The lowest BCUT2D eigenvalue weighted by molar-refractivity contribution is 0.638. The Kier molecular flexibility index (Phi) is 4.12. The van der Waals surface area contributed by atoms with Crippen LogP contribution in [0.1, 0.15) is 31.5 Å². The third-order valence-corrected chi connectivity index (χ3v) is 2.66. The lowest BCUT2D eigenvalue weighted by atomic mass is 10.2. The number of nitrogens with zero attached hydrogens (tertiary/aromatic N) is 5. The van der Waals surface area contributed by atoms with Gasteiger partial charge in [0.25, 0.3) is 0 Å². The summed E-state index contributed by atoms with van der Waals surface area (Å²) >= 11 is 0. The van der Waals surface area contributed by atoms with E-state index in [1.807, 2.05) is 32.7 Å². The summed E-state index contributed by atoms with van der Waals surface area (Å²) in [4.78, 5) is 2.04. The predicted octanol–water partition coefficient (Wildman–Crippen LogP) is 1.73. The van der Waals surface area contributed by atoms with Crippen molar-refractivity contribution in [1.82, 2.24) is 9.78 Å². The molecule has 0 aliphatic rings. The Morgan fingerprint density at radius 1 is 1.41 bits per heavy atom. The minimum Gasteiger partial charge on any atom is -0.352 e. The van der Waals surface area contributed by atoms with Crippen molar-refractivity contribution in [1.29, 1.82) is 10.5 Å². The molecule has 1 aromatic rings. The lowest BCUT2D eigenvalue weighted by Gasteiger charge is -2.28. The summed E-state index contributed by atoms with van der Waals surface area (Å²) in [6.45, 7) is 6.52. The van der Waals surface area contributed by atoms with Gasteiger partial charge >= 0.3 is 0 Å². The van der Waals surface area contributed by atoms with Crippen LogP contribution in [-0.4, -0.2) is 22.4 Å². The maximum Gasteiger partial charge on any atom is 0.145 e. The highest BCUT2D eigenvalue weighted by molar-refractivity contribution is 5.57. The summed E-state index contributed by atoms with van der Waals surface area (Å²) in [7, 11) is 1.82. The molecule has 0 aromatic carbocycles. The molecule has 1 aromatic heterocycles. The van der Waals surface area contributed by atoms with Gasteiger partial charge in [0.15, 0.2) is 0 Å². The second-order valence-corrected chi connectivity index (χ2v) is 4.21. The van der Waals surface area contributed by atoms with Crippen LogP contribution in [0.3, 0.4) is 0 Å². The number of hydrogen-bond donors (Lipinski definition) is 0. The molecule has 0 spiro atoms. The number of anilines is 1. The molecular formula is C12H17N5. The first-order chi connectivity index (χ1) is 8.02. The average molecular weight is 231 g/mol. The SMILES string of the molecule is Cc1nn(C)c(N(CCC#N)C(C)C)c1C#N. The average Bonchev–Trinajstić information content (AvgIpc) is 2.54. The molecule has 0 N–H and O–H groups in total. The summed E-state index contributed by atoms with van der Waals surface area (Å²) in [6.07, 6.45) is 0.438. The topological polar surface area (TPSA) is 68.6 Å². The molecule has 0 unspecified atom stereocenters. The van der Waals surface area contributed by atoms with Crippen molar-refractivity contribution in [2.75, 3.05) is 11.4 Å². The van der Waals surface area contributed by atoms with E-state index < -0.39 is 0 Å². The Hall–Kier alpha value is -2.01. The molecule has 1 heterocycles. The fourth-order valence-electron chi connectivity index (χ4n) is 1.89. The van der Waals surface area contributed by atoms with Crippen LogP contribution >= 0.6 is 0 Å². The maximum atomic E-state index is 9.17. The van der Waals surface area contributed by atoms with Gasteiger partial charge in [-0.25, -0.2) is 0 Å². The number of nitriles is 2. The van der Waals surface area contributed by atoms with E-state index in [4.69, 9.17) is 5.26 Å². The van der Waals surface area contributed by atoms with Crippen LogP contribution in [0.25, 0.3) is 0 Å². The number of aryl methyl sites for hydroxylation is 2. The van der Waals surface area contributed by atoms with Crippen LogP contribution in [0, 0.1) is 29.6 Å². The van der Waals surface area contributed by atoms with E-state index in [0.29, 0.717) is 18.5 Å². The zero-order valence-electron chi connectivity index (χ0n) is 10.7. The van der Waals surface area contributed by atoms with E-state index in [2.05, 4.69) is 17.2 Å². The highest BCUT2D eigenvalue weighted by atomic mass is 15.4. The molecule has 0 amide bonds. The van der Waals surface area contributed by atoms with Gasteiger partial charge in [-0.05, 0) is 20.8 Å². The normalized spacial score (nSPS) is 10.1. The van der Waals surface area contributed by atoms with Crippen molar-refractivity contribution in [2.24, 2.45) is 7.05 Å². The first-order valence-electron chi connectivity index (χ1n) is 5.60. The lowest BCUT2D eigenvalue weighted by Crippen LogP contribution is -2.33. The van der Waals surface area contributed by atoms with Crippen LogP contribution in [0.4, 0.5) is 5.82 Å². The van der Waals surface area contributed by atoms with Crippen molar-refractivity contribution in [3.63, 3.8) is 0 Å². The predicted molar refractivity (Wildman–Crippen MR) is 65.4 cm³/mol. The molecule has 0 saturated carbocycles. The number of aromatic nitrogens is 2. The zero-order valence-corrected chi connectivity index (χ0v) is 10.7. The molecule has 1 rings (SSSR count). The van der Waals surface area contributed by atoms with Crippen LogP contribution < -0.4 is 4.90 Å². The summed E-state index contributed by atoms with van der Waals surface area (Å²) < 4.78 is 1.71. The highest BCUT2D eigenvalue weighted by Gasteiger charge is 2.21. The molecule has 0 aliphatic carbocycles. The summed E-state index contributed by atoms with van der Waals surface area (Å²) in [5, 5.41) is 22.1. The molecule has 5 nitrogen and oxygen atoms in total. The molecule has 0 atom stereocenters. The van der Waals surface area contributed by atoms with Gasteiger partial charge in [0, 0.05) is 19.6 Å². The molecule has 0 radical (unpaired) electrons. The van der Waals surface area contributed by atoms with Gasteiger partial charge in [-0.3, -0.25) is 4.68 Å². The molecule has 0 saturated heterocycles. The zero-order chi connectivity index (χ0) is 13.0. The number of rotatable bonds is 4. The summed E-state index contributed by atoms with van der Waals surface area (Å²) in [5.41, 5.74) is 1.33. The van der Waals surface area contributed by atoms with Gasteiger partial charge in [0.1, 0.15) is 17.5 Å². The molecular weight excluding hydrogens is 214 g/mol. The Balaban J connectivity index is 3.19. The quantitative estimate of drug-likeness (QED) is 0.791. The second kappa shape index (κ2) is 5.36. The first kappa shape index (κ1) is 13.1. The monoisotopic (exact) mass is 231 g/mol. The fraction of sp³-hybridized carbons (Fsp3) is 0.583. The minimum absolute atomic E-state index is 0.227. The van der Waals surface area contributed by atoms with Crippen LogP contribution in [0.5, 0.6) is 0 Å². The maximum absolute atomic E-state index is 9.17. The van der Waals surface area contributed by atoms with Gasteiger partial charge in [-0.15, -0.1) is 0 Å². The molecule has 0 fully saturated rings. The van der Waals surface area contributed by atoms with E-state index in [1.165, 1.54) is 0 Å². The van der Waals surface area contributed by atoms with Gasteiger partial charge in [0.2, 0.25) is 0 Å². The van der Waals surface area contributed by atoms with Crippen molar-refractivity contribution >= 4 is 5.82 Å². The van der Waals surface area contributed by atoms with Crippen molar-refractivity contribution in [3.05, 3.63) is 11.3 Å². The first-order valence-corrected chi connectivity index (χ1v) is 5.60. The smallest absolute Gasteiger partial charge is 0.145 e. The summed E-state index contributed by atoms with van der Waals surface area (Å²) in [6, 6.07) is 4.55. The fourth-order valence-corrected chi connectivity index (χ4v) is 1.89. The van der Waals surface area contributed by atoms with E-state index in [-0.39, 0.29) is 6.04 Å². The Labute approximate surface area is 102 Å². The second-order valence-electron chi connectivity index (χ2n) is 4.21. The molecule has 0 aliphatic heterocycles. The van der Waals surface area contributed by atoms with Crippen LogP contribution in [-0.2, 0) is 7.05 Å². The molecule has 0 bridgehead atoms. The van der Waals surface area contributed by atoms with Crippen molar-refractivity contribution in [2.45, 2.75) is 33.2 Å². The molecule has 17 heavy (non-hydrogen) atoms.